The molecule has 0 saturated carbocycles. The van der Waals surface area contributed by atoms with E-state index in [0.717, 1.165) is 25.1 Å². The first kappa shape index (κ1) is 10.9. The average Bonchev–Trinajstić information content (AvgIpc) is 2.25. The average molecular weight is 228 g/mol. The lowest BCUT2D eigenvalue weighted by molar-refractivity contribution is 0.376. The summed E-state index contributed by atoms with van der Waals surface area (Å²) in [5.41, 5.74) is 1.13. The molecule has 1 aliphatic rings. The van der Waals surface area contributed by atoms with E-state index >= 15 is 0 Å². The Kier molecular flexibility index (Phi) is 3.60. The molecule has 0 aromatic heterocycles. The fourth-order valence-corrected chi connectivity index (χ4v) is 2.30. The summed E-state index contributed by atoms with van der Waals surface area (Å²) in [7, 11) is 0. The van der Waals surface area contributed by atoms with Crippen LogP contribution in [0.15, 0.2) is 18.2 Å². The molecule has 3 heteroatoms. The summed E-state index contributed by atoms with van der Waals surface area (Å²) >= 11 is 5.74. The lowest BCUT2D eigenvalue weighted by Crippen LogP contribution is -2.30. The monoisotopic (exact) mass is 227 g/mol. The highest BCUT2D eigenvalue weighted by molar-refractivity contribution is 6.30. The van der Waals surface area contributed by atoms with Crippen LogP contribution < -0.4 is 5.32 Å². The third-order valence-corrected chi connectivity index (χ3v) is 3.20. The highest BCUT2D eigenvalue weighted by Gasteiger charge is 2.13. The normalized spacial score (nSPS) is 21.6. The molecule has 1 aromatic carbocycles. The number of rotatable bonds is 2. The predicted molar refractivity (Wildman–Crippen MR) is 60.7 cm³/mol. The van der Waals surface area contributed by atoms with Crippen LogP contribution in [0.25, 0.3) is 0 Å². The van der Waals surface area contributed by atoms with Crippen LogP contribution in [0.5, 0.6) is 0 Å². The first-order valence-electron chi connectivity index (χ1n) is 5.40. The van der Waals surface area contributed by atoms with Crippen LogP contribution in [0.4, 0.5) is 4.39 Å². The van der Waals surface area contributed by atoms with Gasteiger partial charge in [-0.15, -0.1) is 0 Å². The van der Waals surface area contributed by atoms with Crippen molar-refractivity contribution in [2.24, 2.45) is 5.92 Å². The van der Waals surface area contributed by atoms with Crippen molar-refractivity contribution in [1.29, 1.82) is 0 Å². The molecule has 1 aliphatic heterocycles. The number of nitrogens with one attached hydrogen (secondary N) is 1. The van der Waals surface area contributed by atoms with Gasteiger partial charge in [0.1, 0.15) is 5.82 Å². The molecule has 0 aliphatic carbocycles. The maximum atomic E-state index is 12.9. The van der Waals surface area contributed by atoms with Gasteiger partial charge >= 0.3 is 0 Å². The van der Waals surface area contributed by atoms with Gasteiger partial charge in [-0.25, -0.2) is 4.39 Å². The van der Waals surface area contributed by atoms with Crippen molar-refractivity contribution in [3.8, 4) is 0 Å². The Labute approximate surface area is 94.6 Å². The zero-order chi connectivity index (χ0) is 10.7. The van der Waals surface area contributed by atoms with Gasteiger partial charge in [-0.05, 0) is 56.0 Å². The summed E-state index contributed by atoms with van der Waals surface area (Å²) in [4.78, 5) is 0. The van der Waals surface area contributed by atoms with Gasteiger partial charge in [0, 0.05) is 0 Å². The number of hydrogen-bond acceptors (Lipinski definition) is 1. The maximum absolute atomic E-state index is 12.9. The largest absolute Gasteiger partial charge is 0.316 e. The van der Waals surface area contributed by atoms with Gasteiger partial charge in [0.15, 0.2) is 0 Å². The van der Waals surface area contributed by atoms with Crippen LogP contribution in [0.2, 0.25) is 5.02 Å². The molecule has 0 bridgehead atoms. The van der Waals surface area contributed by atoms with Gasteiger partial charge < -0.3 is 5.32 Å². The van der Waals surface area contributed by atoms with Gasteiger partial charge in [-0.1, -0.05) is 17.7 Å². The Hall–Kier alpha value is -0.600. The minimum absolute atomic E-state index is 0.233. The Morgan fingerprint density at radius 2 is 2.33 bits per heavy atom. The number of piperidine rings is 1. The molecule has 0 radical (unpaired) electrons. The summed E-state index contributed by atoms with van der Waals surface area (Å²) in [6.45, 7) is 2.19. The minimum Gasteiger partial charge on any atom is -0.316 e. The highest BCUT2D eigenvalue weighted by Crippen LogP contribution is 2.21. The Bertz CT molecular complexity index is 334. The molecule has 1 atom stereocenters. The Morgan fingerprint density at radius 1 is 1.47 bits per heavy atom. The van der Waals surface area contributed by atoms with Gasteiger partial charge in [0.25, 0.3) is 0 Å². The lowest BCUT2D eigenvalue weighted by Gasteiger charge is -2.22. The molecule has 1 nitrogen and oxygen atoms in total. The minimum atomic E-state index is -0.331. The van der Waals surface area contributed by atoms with Crippen LogP contribution in [0.1, 0.15) is 18.4 Å². The third kappa shape index (κ3) is 2.93. The zero-order valence-electron chi connectivity index (χ0n) is 8.60. The van der Waals surface area contributed by atoms with Gasteiger partial charge in [-0.2, -0.15) is 0 Å². The number of benzene rings is 1. The van der Waals surface area contributed by atoms with Crippen molar-refractivity contribution in [1.82, 2.24) is 5.32 Å². The molecule has 1 unspecified atom stereocenters. The van der Waals surface area contributed by atoms with E-state index in [1.807, 2.05) is 6.07 Å². The number of hydrogen-bond donors (Lipinski definition) is 1. The molecule has 15 heavy (non-hydrogen) atoms. The van der Waals surface area contributed by atoms with Gasteiger partial charge in [-0.3, -0.25) is 0 Å². The fraction of sp³-hybridized carbons (Fsp3) is 0.500. The van der Waals surface area contributed by atoms with Crippen molar-refractivity contribution < 1.29 is 4.39 Å². The molecule has 1 N–H and O–H groups in total. The van der Waals surface area contributed by atoms with Crippen LogP contribution in [-0.2, 0) is 6.42 Å². The van der Waals surface area contributed by atoms with E-state index in [2.05, 4.69) is 5.32 Å². The molecule has 0 spiro atoms. The van der Waals surface area contributed by atoms with Gasteiger partial charge in [0.05, 0.1) is 5.02 Å². The molecule has 1 fully saturated rings. The van der Waals surface area contributed by atoms with Crippen LogP contribution >= 0.6 is 11.6 Å². The van der Waals surface area contributed by atoms with E-state index < -0.39 is 0 Å². The number of halogens is 2. The molecular weight excluding hydrogens is 213 g/mol. The van der Waals surface area contributed by atoms with Crippen LogP contribution in [0.3, 0.4) is 0 Å². The standard InChI is InChI=1S/C12H15ClFN/c13-11-7-9(3-4-12(11)14)6-10-2-1-5-15-8-10/h3-4,7,10,15H,1-2,5-6,8H2. The van der Waals surface area contributed by atoms with Crippen molar-refractivity contribution in [2.75, 3.05) is 13.1 Å². The highest BCUT2D eigenvalue weighted by atomic mass is 35.5. The van der Waals surface area contributed by atoms with E-state index in [1.54, 1.807) is 6.07 Å². The van der Waals surface area contributed by atoms with Gasteiger partial charge in [0.2, 0.25) is 0 Å². The maximum Gasteiger partial charge on any atom is 0.141 e. The van der Waals surface area contributed by atoms with Crippen LogP contribution in [0, 0.1) is 11.7 Å². The van der Waals surface area contributed by atoms with Crippen molar-refractivity contribution in [3.63, 3.8) is 0 Å². The molecule has 0 amide bonds. The molecule has 82 valence electrons. The molecule has 2 rings (SSSR count). The van der Waals surface area contributed by atoms with Crippen molar-refractivity contribution in [3.05, 3.63) is 34.6 Å². The van der Waals surface area contributed by atoms with E-state index in [4.69, 9.17) is 11.6 Å². The van der Waals surface area contributed by atoms with E-state index in [-0.39, 0.29) is 10.8 Å². The van der Waals surface area contributed by atoms with Crippen LogP contribution in [-0.4, -0.2) is 13.1 Å². The summed E-state index contributed by atoms with van der Waals surface area (Å²) in [5.74, 6) is 0.336. The topological polar surface area (TPSA) is 12.0 Å². The first-order chi connectivity index (χ1) is 7.25. The lowest BCUT2D eigenvalue weighted by atomic mass is 9.92. The predicted octanol–water partition coefficient (Wildman–Crippen LogP) is 3.02. The SMILES string of the molecule is Fc1ccc(CC2CCCNC2)cc1Cl. The summed E-state index contributed by atoms with van der Waals surface area (Å²) in [6.07, 6.45) is 3.48. The van der Waals surface area contributed by atoms with Crippen molar-refractivity contribution in [2.45, 2.75) is 19.3 Å². The zero-order valence-corrected chi connectivity index (χ0v) is 9.36. The molecule has 1 saturated heterocycles. The second kappa shape index (κ2) is 4.95. The third-order valence-electron chi connectivity index (χ3n) is 2.91. The fourth-order valence-electron chi connectivity index (χ4n) is 2.10. The Morgan fingerprint density at radius 3 is 3.00 bits per heavy atom. The van der Waals surface area contributed by atoms with E-state index in [0.29, 0.717) is 5.92 Å². The van der Waals surface area contributed by atoms with Crippen molar-refractivity contribution >= 4 is 11.6 Å². The first-order valence-corrected chi connectivity index (χ1v) is 5.78. The summed E-state index contributed by atoms with van der Waals surface area (Å²) in [5, 5.41) is 3.61. The second-order valence-electron chi connectivity index (χ2n) is 4.16. The molecular formula is C12H15ClFN. The van der Waals surface area contributed by atoms with E-state index in [9.17, 15) is 4.39 Å². The summed E-state index contributed by atoms with van der Waals surface area (Å²) < 4.78 is 12.9. The molecule has 1 aromatic rings. The smallest absolute Gasteiger partial charge is 0.141 e. The Balaban J connectivity index is 2.00. The quantitative estimate of drug-likeness (QED) is 0.819. The molecule has 1 heterocycles. The van der Waals surface area contributed by atoms with E-state index in [1.165, 1.54) is 18.9 Å². The summed E-state index contributed by atoms with van der Waals surface area (Å²) in [6, 6.07) is 5.02. The second-order valence-corrected chi connectivity index (χ2v) is 4.57.